The molecule has 4 nitrogen and oxygen atoms in total. The normalized spacial score (nSPS) is 14.7. The standard InChI is InChI=1S/C25H18Cl3NO3S2/c1-2-31-22-11-15(7-9-21(22)32-14-16-6-8-19(27)20(28)10-16)12-23-24(30)29(25(33)34-23)18-5-3-4-17(26)13-18/h3-13H,2,14H2,1H3/b23-12+. The van der Waals surface area contributed by atoms with E-state index in [1.165, 1.54) is 16.7 Å². The zero-order valence-electron chi connectivity index (χ0n) is 17.9. The van der Waals surface area contributed by atoms with Crippen LogP contribution in [0.2, 0.25) is 15.1 Å². The summed E-state index contributed by atoms with van der Waals surface area (Å²) < 4.78 is 12.2. The molecule has 0 spiro atoms. The van der Waals surface area contributed by atoms with Crippen LogP contribution < -0.4 is 14.4 Å². The monoisotopic (exact) mass is 549 g/mol. The maximum atomic E-state index is 13.1. The summed E-state index contributed by atoms with van der Waals surface area (Å²) in [6, 6.07) is 17.9. The summed E-state index contributed by atoms with van der Waals surface area (Å²) >= 11 is 24.8. The van der Waals surface area contributed by atoms with Crippen molar-refractivity contribution in [3.63, 3.8) is 0 Å². The fourth-order valence-corrected chi connectivity index (χ4v) is 5.05. The molecule has 1 amide bonds. The van der Waals surface area contributed by atoms with Crippen LogP contribution in [0.5, 0.6) is 11.5 Å². The van der Waals surface area contributed by atoms with E-state index in [4.69, 9.17) is 56.5 Å². The molecular formula is C25H18Cl3NO3S2. The Kier molecular flexibility index (Phi) is 8.06. The van der Waals surface area contributed by atoms with Gasteiger partial charge < -0.3 is 9.47 Å². The lowest BCUT2D eigenvalue weighted by Crippen LogP contribution is -2.27. The van der Waals surface area contributed by atoms with E-state index in [1.54, 1.807) is 42.5 Å². The number of carbonyl (C=O) groups excluding carboxylic acids is 1. The zero-order valence-corrected chi connectivity index (χ0v) is 21.8. The highest BCUT2D eigenvalue weighted by Crippen LogP contribution is 2.38. The molecule has 3 aromatic rings. The lowest BCUT2D eigenvalue weighted by Gasteiger charge is -2.14. The quantitative estimate of drug-likeness (QED) is 0.220. The Morgan fingerprint density at radius 3 is 2.53 bits per heavy atom. The number of thioether (sulfide) groups is 1. The number of hydrogen-bond acceptors (Lipinski definition) is 5. The van der Waals surface area contributed by atoms with Crippen LogP contribution in [0, 0.1) is 0 Å². The molecule has 0 radical (unpaired) electrons. The van der Waals surface area contributed by atoms with E-state index in [2.05, 4.69) is 0 Å². The molecule has 1 aliphatic heterocycles. The van der Waals surface area contributed by atoms with E-state index >= 15 is 0 Å². The molecule has 0 aromatic heterocycles. The fraction of sp³-hybridized carbons (Fsp3) is 0.120. The largest absolute Gasteiger partial charge is 0.490 e. The maximum absolute atomic E-state index is 13.1. The molecule has 0 saturated carbocycles. The summed E-state index contributed by atoms with van der Waals surface area (Å²) in [7, 11) is 0. The Morgan fingerprint density at radius 2 is 1.79 bits per heavy atom. The molecule has 1 heterocycles. The highest BCUT2D eigenvalue weighted by Gasteiger charge is 2.33. The Bertz CT molecular complexity index is 1300. The summed E-state index contributed by atoms with van der Waals surface area (Å²) in [5.41, 5.74) is 2.31. The SMILES string of the molecule is CCOc1cc(/C=C2/SC(=S)N(c3cccc(Cl)c3)C2=O)ccc1OCc1ccc(Cl)c(Cl)c1. The van der Waals surface area contributed by atoms with E-state index < -0.39 is 0 Å². The lowest BCUT2D eigenvalue weighted by molar-refractivity contribution is -0.113. The minimum Gasteiger partial charge on any atom is -0.490 e. The van der Waals surface area contributed by atoms with Crippen molar-refractivity contribution in [1.29, 1.82) is 0 Å². The number of halogens is 3. The van der Waals surface area contributed by atoms with Gasteiger partial charge in [0.15, 0.2) is 15.8 Å². The number of anilines is 1. The molecule has 1 saturated heterocycles. The van der Waals surface area contributed by atoms with Crippen molar-refractivity contribution in [2.75, 3.05) is 11.5 Å². The van der Waals surface area contributed by atoms with Crippen LogP contribution in [0.15, 0.2) is 65.6 Å². The second kappa shape index (κ2) is 11.0. The van der Waals surface area contributed by atoms with Crippen LogP contribution in [0.3, 0.4) is 0 Å². The summed E-state index contributed by atoms with van der Waals surface area (Å²) in [6.07, 6.45) is 1.79. The maximum Gasteiger partial charge on any atom is 0.270 e. The van der Waals surface area contributed by atoms with Gasteiger partial charge in [0.25, 0.3) is 5.91 Å². The molecule has 9 heteroatoms. The molecule has 0 bridgehead atoms. The van der Waals surface area contributed by atoms with Gasteiger partial charge in [0.1, 0.15) is 6.61 Å². The van der Waals surface area contributed by atoms with Gasteiger partial charge in [0.2, 0.25) is 0 Å². The second-order valence-electron chi connectivity index (χ2n) is 7.17. The molecule has 3 aromatic carbocycles. The van der Waals surface area contributed by atoms with Crippen molar-refractivity contribution >= 4 is 80.8 Å². The topological polar surface area (TPSA) is 38.8 Å². The van der Waals surface area contributed by atoms with Crippen LogP contribution in [-0.4, -0.2) is 16.8 Å². The van der Waals surface area contributed by atoms with Gasteiger partial charge in [-0.2, -0.15) is 0 Å². The summed E-state index contributed by atoms with van der Waals surface area (Å²) in [4.78, 5) is 15.0. The zero-order chi connectivity index (χ0) is 24.2. The third-order valence-electron chi connectivity index (χ3n) is 4.80. The molecule has 34 heavy (non-hydrogen) atoms. The highest BCUT2D eigenvalue weighted by atomic mass is 35.5. The van der Waals surface area contributed by atoms with Gasteiger partial charge >= 0.3 is 0 Å². The number of carbonyl (C=O) groups is 1. The van der Waals surface area contributed by atoms with E-state index in [0.717, 1.165) is 11.1 Å². The Labute approximate surface area is 222 Å². The van der Waals surface area contributed by atoms with Crippen molar-refractivity contribution in [3.8, 4) is 11.5 Å². The van der Waals surface area contributed by atoms with E-state index in [0.29, 0.717) is 54.7 Å². The number of rotatable bonds is 7. The van der Waals surface area contributed by atoms with Crippen LogP contribution in [-0.2, 0) is 11.4 Å². The predicted molar refractivity (Wildman–Crippen MR) is 146 cm³/mol. The molecule has 0 unspecified atom stereocenters. The van der Waals surface area contributed by atoms with Gasteiger partial charge in [-0.25, -0.2) is 0 Å². The summed E-state index contributed by atoms with van der Waals surface area (Å²) in [5, 5.41) is 1.50. The van der Waals surface area contributed by atoms with Gasteiger partial charge in [-0.3, -0.25) is 9.69 Å². The van der Waals surface area contributed by atoms with Crippen molar-refractivity contribution in [1.82, 2.24) is 0 Å². The minimum absolute atomic E-state index is 0.199. The van der Waals surface area contributed by atoms with Gasteiger partial charge in [-0.15, -0.1) is 0 Å². The first-order chi connectivity index (χ1) is 16.4. The van der Waals surface area contributed by atoms with Gasteiger partial charge in [0.05, 0.1) is 27.2 Å². The number of ether oxygens (including phenoxy) is 2. The molecule has 4 rings (SSSR count). The van der Waals surface area contributed by atoms with Crippen LogP contribution in [0.25, 0.3) is 6.08 Å². The summed E-state index contributed by atoms with van der Waals surface area (Å²) in [5.74, 6) is 0.952. The minimum atomic E-state index is -0.199. The van der Waals surface area contributed by atoms with Crippen LogP contribution in [0.4, 0.5) is 5.69 Å². The first-order valence-corrected chi connectivity index (χ1v) is 12.6. The van der Waals surface area contributed by atoms with Gasteiger partial charge in [-0.1, -0.05) is 77.0 Å². The first kappa shape index (κ1) is 24.9. The molecule has 1 aliphatic rings. The average Bonchev–Trinajstić information content (AvgIpc) is 3.08. The van der Waals surface area contributed by atoms with E-state index in [9.17, 15) is 4.79 Å². The van der Waals surface area contributed by atoms with E-state index in [1.807, 2.05) is 31.2 Å². The number of hydrogen-bond donors (Lipinski definition) is 0. The third kappa shape index (κ3) is 5.70. The molecule has 0 aliphatic carbocycles. The van der Waals surface area contributed by atoms with Crippen LogP contribution >= 0.6 is 58.8 Å². The molecule has 174 valence electrons. The third-order valence-corrected chi connectivity index (χ3v) is 7.08. The molecule has 1 fully saturated rings. The van der Waals surface area contributed by atoms with Crippen molar-refractivity contribution in [2.24, 2.45) is 0 Å². The Hall–Kier alpha value is -2.22. The highest BCUT2D eigenvalue weighted by molar-refractivity contribution is 8.27. The average molecular weight is 551 g/mol. The van der Waals surface area contributed by atoms with E-state index in [-0.39, 0.29) is 5.91 Å². The smallest absolute Gasteiger partial charge is 0.270 e. The number of thiocarbonyl (C=S) groups is 1. The summed E-state index contributed by atoms with van der Waals surface area (Å²) in [6.45, 7) is 2.66. The second-order valence-corrected chi connectivity index (χ2v) is 10.1. The Balaban J connectivity index is 1.55. The number of amides is 1. The Morgan fingerprint density at radius 1 is 0.971 bits per heavy atom. The molecule has 0 atom stereocenters. The molecule has 0 N–H and O–H groups in total. The van der Waals surface area contributed by atoms with Crippen molar-refractivity contribution < 1.29 is 14.3 Å². The van der Waals surface area contributed by atoms with Gasteiger partial charge in [-0.05, 0) is 66.6 Å². The van der Waals surface area contributed by atoms with Gasteiger partial charge in [0, 0.05) is 5.02 Å². The number of benzene rings is 3. The van der Waals surface area contributed by atoms with Crippen molar-refractivity contribution in [3.05, 3.63) is 91.8 Å². The first-order valence-electron chi connectivity index (χ1n) is 10.2. The van der Waals surface area contributed by atoms with Crippen molar-refractivity contribution in [2.45, 2.75) is 13.5 Å². The van der Waals surface area contributed by atoms with Crippen LogP contribution in [0.1, 0.15) is 18.1 Å². The predicted octanol–water partition coefficient (Wildman–Crippen LogP) is 8.03. The number of nitrogens with zero attached hydrogens (tertiary/aromatic N) is 1. The lowest BCUT2D eigenvalue weighted by atomic mass is 10.1. The molecular weight excluding hydrogens is 533 g/mol. The fourth-order valence-electron chi connectivity index (χ4n) is 3.25.